The van der Waals surface area contributed by atoms with E-state index in [2.05, 4.69) is 35.3 Å². The maximum atomic E-state index is 10.1. The maximum Gasteiger partial charge on any atom is 0.217 e. The molecule has 0 radical (unpaired) electrons. The number of thioether (sulfide) groups is 1. The van der Waals surface area contributed by atoms with Crippen molar-refractivity contribution in [1.29, 1.82) is 0 Å². The molecule has 0 fully saturated rings. The number of aliphatic imine (C=N–C) groups is 1. The molecule has 2 heterocycles. The van der Waals surface area contributed by atoms with Crippen LogP contribution >= 0.6 is 11.8 Å². The summed E-state index contributed by atoms with van der Waals surface area (Å²) in [5, 5.41) is 12.4. The average molecular weight is 619 g/mol. The molecule has 32 heavy (non-hydrogen) atoms. The molecule has 4 nitrogen and oxygen atoms in total. The smallest absolute Gasteiger partial charge is 0.217 e. The van der Waals surface area contributed by atoms with E-state index in [0.29, 0.717) is 22.4 Å². The molecule has 1 aliphatic carbocycles. The summed E-state index contributed by atoms with van der Waals surface area (Å²) >= 11 is 1.84. The van der Waals surface area contributed by atoms with Gasteiger partial charge < -0.3 is 14.8 Å². The van der Waals surface area contributed by atoms with Crippen molar-refractivity contribution in [3.63, 3.8) is 0 Å². The molecule has 6 heteroatoms. The zero-order valence-corrected chi connectivity index (χ0v) is 20.1. The van der Waals surface area contributed by atoms with Crippen molar-refractivity contribution >= 4 is 27.7 Å². The quantitative estimate of drug-likeness (QED) is 0.283. The fourth-order valence-electron chi connectivity index (χ4n) is 4.33. The van der Waals surface area contributed by atoms with E-state index in [0.717, 1.165) is 28.8 Å². The summed E-state index contributed by atoms with van der Waals surface area (Å²) in [5.74, 6) is 1.14. The molecule has 6 rings (SSSR count). The third-order valence-electron chi connectivity index (χ3n) is 5.83. The van der Waals surface area contributed by atoms with Crippen molar-refractivity contribution in [2.75, 3.05) is 0 Å². The molecule has 3 aromatic carbocycles. The van der Waals surface area contributed by atoms with Crippen LogP contribution in [0.1, 0.15) is 29.2 Å². The first-order chi connectivity index (χ1) is 15.2. The van der Waals surface area contributed by atoms with Crippen LogP contribution in [0.5, 0.6) is 17.4 Å². The number of rotatable bonds is 3. The molecule has 0 saturated carbocycles. The van der Waals surface area contributed by atoms with Crippen LogP contribution in [0.2, 0.25) is 0 Å². The summed E-state index contributed by atoms with van der Waals surface area (Å²) < 4.78 is 5.97. The van der Waals surface area contributed by atoms with E-state index in [9.17, 15) is 5.11 Å². The minimum Gasteiger partial charge on any atom is -0.506 e. The first-order valence-electron chi connectivity index (χ1n) is 10.4. The predicted molar refractivity (Wildman–Crippen MR) is 124 cm³/mol. The third kappa shape index (κ3) is 3.85. The summed E-state index contributed by atoms with van der Waals surface area (Å²) in [6.07, 6.45) is 2.25. The van der Waals surface area contributed by atoms with E-state index < -0.39 is 0 Å². The number of ether oxygens (including phenoxy) is 1. The van der Waals surface area contributed by atoms with Gasteiger partial charge in [0, 0.05) is 48.6 Å². The maximum absolute atomic E-state index is 10.1. The van der Waals surface area contributed by atoms with Gasteiger partial charge in [0.1, 0.15) is 11.3 Å². The van der Waals surface area contributed by atoms with E-state index in [4.69, 9.17) is 9.73 Å². The van der Waals surface area contributed by atoms with Gasteiger partial charge in [-0.05, 0) is 36.1 Å². The van der Waals surface area contributed by atoms with E-state index in [-0.39, 0.29) is 32.9 Å². The molecule has 0 saturated heterocycles. The first-order valence-corrected chi connectivity index (χ1v) is 11.2. The van der Waals surface area contributed by atoms with E-state index in [1.54, 1.807) is 18.2 Å². The van der Waals surface area contributed by atoms with E-state index >= 15 is 0 Å². The molecular weight excluding hydrogens is 599 g/mol. The minimum atomic E-state index is 0. The van der Waals surface area contributed by atoms with Crippen LogP contribution in [-0.4, -0.2) is 20.4 Å². The molecule has 2 atom stereocenters. The fourth-order valence-corrected chi connectivity index (χ4v) is 5.61. The largest absolute Gasteiger partial charge is 0.506 e. The molecule has 4 aromatic rings. The van der Waals surface area contributed by atoms with Crippen LogP contribution in [-0.2, 0) is 27.5 Å². The summed E-state index contributed by atoms with van der Waals surface area (Å²) in [6.45, 7) is 0. The van der Waals surface area contributed by atoms with Gasteiger partial charge in [0.2, 0.25) is 5.88 Å². The number of phenolic OH excluding ortho intramolecular Hbond substituents is 1. The van der Waals surface area contributed by atoms with Crippen LogP contribution in [0, 0.1) is 6.07 Å². The Bertz CT molecular complexity index is 1340. The van der Waals surface area contributed by atoms with Crippen LogP contribution < -0.4 is 4.74 Å². The molecule has 1 aliphatic heterocycles. The predicted octanol–water partition coefficient (Wildman–Crippen LogP) is 6.08. The Labute approximate surface area is 205 Å². The number of fused-ring (bicyclic) bond motifs is 4. The molecule has 1 N–H and O–H groups in total. The first kappa shape index (κ1) is 21.2. The van der Waals surface area contributed by atoms with Gasteiger partial charge in [-0.25, -0.2) is 4.98 Å². The number of aromatic nitrogens is 1. The standard InChI is InChI=1S/C26H19N2O2S.Pt/c29-21-10-4-6-17-12-14-23(27-24(17)21)30-19-8-3-7-18(15-19)26-28-25-20-9-2-1-5-16(20)11-13-22(25)31-26;/h1-10,12,14,22,25,29H,11,13H2;/q-1;/t22-,25-;/m0./s1. The number of para-hydroxylation sites is 1. The van der Waals surface area contributed by atoms with Crippen molar-refractivity contribution in [3.05, 3.63) is 95.6 Å². The third-order valence-corrected chi connectivity index (χ3v) is 7.17. The van der Waals surface area contributed by atoms with Gasteiger partial charge in [-0.2, -0.15) is 11.8 Å². The Morgan fingerprint density at radius 2 is 1.84 bits per heavy atom. The zero-order valence-electron chi connectivity index (χ0n) is 17.0. The van der Waals surface area contributed by atoms with Crippen molar-refractivity contribution in [2.45, 2.75) is 24.1 Å². The zero-order chi connectivity index (χ0) is 20.8. The number of aromatic hydroxyl groups is 1. The average Bonchev–Trinajstić information content (AvgIpc) is 3.25. The van der Waals surface area contributed by atoms with Gasteiger partial charge in [-0.3, -0.25) is 0 Å². The number of pyridine rings is 1. The van der Waals surface area contributed by atoms with E-state index in [1.807, 2.05) is 42.1 Å². The summed E-state index contributed by atoms with van der Waals surface area (Å²) in [5.41, 5.74) is 4.24. The number of phenols is 1. The van der Waals surface area contributed by atoms with Gasteiger partial charge in [-0.15, -0.1) is 23.8 Å². The number of aryl methyl sites for hydroxylation is 1. The van der Waals surface area contributed by atoms with Crippen LogP contribution in [0.4, 0.5) is 0 Å². The molecule has 162 valence electrons. The van der Waals surface area contributed by atoms with Gasteiger partial charge in [-0.1, -0.05) is 42.5 Å². The number of hydrogen-bond donors (Lipinski definition) is 1. The van der Waals surface area contributed by atoms with Gasteiger partial charge in [0.25, 0.3) is 0 Å². The monoisotopic (exact) mass is 618 g/mol. The van der Waals surface area contributed by atoms with Gasteiger partial charge in [0.15, 0.2) is 0 Å². The molecule has 1 aromatic heterocycles. The van der Waals surface area contributed by atoms with Crippen molar-refractivity contribution < 1.29 is 30.9 Å². The van der Waals surface area contributed by atoms with E-state index in [1.165, 1.54) is 11.1 Å². The Balaban J connectivity index is 0.00000216. The second-order valence-corrected chi connectivity index (χ2v) is 9.03. The molecule has 0 spiro atoms. The minimum absolute atomic E-state index is 0. The molecule has 0 bridgehead atoms. The summed E-state index contributed by atoms with van der Waals surface area (Å²) in [6, 6.07) is 27.1. The van der Waals surface area contributed by atoms with Crippen LogP contribution in [0.3, 0.4) is 0 Å². The van der Waals surface area contributed by atoms with Gasteiger partial charge >= 0.3 is 0 Å². The van der Waals surface area contributed by atoms with Crippen molar-refractivity contribution in [2.24, 2.45) is 4.99 Å². The number of hydrogen-bond acceptors (Lipinski definition) is 5. The second kappa shape index (κ2) is 8.72. The summed E-state index contributed by atoms with van der Waals surface area (Å²) in [7, 11) is 0. The van der Waals surface area contributed by atoms with Crippen LogP contribution in [0.15, 0.2) is 77.8 Å². The fraction of sp³-hybridized carbons (Fsp3) is 0.154. The van der Waals surface area contributed by atoms with Crippen molar-refractivity contribution in [1.82, 2.24) is 4.98 Å². The van der Waals surface area contributed by atoms with Crippen LogP contribution in [0.25, 0.3) is 10.9 Å². The number of benzene rings is 3. The Hall–Kier alpha value is -2.62. The van der Waals surface area contributed by atoms with Crippen molar-refractivity contribution in [3.8, 4) is 17.4 Å². The second-order valence-electron chi connectivity index (χ2n) is 7.80. The molecule has 0 unspecified atom stereocenters. The Morgan fingerprint density at radius 1 is 0.969 bits per heavy atom. The SMILES string of the molecule is Oc1cccc2ccc(Oc3[c-]c(C4=N[C@H]5c6ccccc6CC[C@@H]5S4)ccc3)nc12.[Pt]. The molecular formula is C26H19N2O2PtS-. The normalized spacial score (nSPS) is 18.9. The Morgan fingerprint density at radius 3 is 2.78 bits per heavy atom. The molecule has 2 aliphatic rings. The number of nitrogens with zero attached hydrogens (tertiary/aromatic N) is 2. The molecule has 0 amide bonds. The van der Waals surface area contributed by atoms with Gasteiger partial charge in [0.05, 0.1) is 6.04 Å². The Kier molecular flexibility index (Phi) is 5.79. The topological polar surface area (TPSA) is 54.7 Å². The summed E-state index contributed by atoms with van der Waals surface area (Å²) in [4.78, 5) is 9.52.